The zero-order valence-corrected chi connectivity index (χ0v) is 8.56. The molecule has 0 spiro atoms. The molecule has 2 amide bonds. The number of hydrogen-bond acceptors (Lipinski definition) is 4. The molecule has 1 aliphatic heterocycles. The molecule has 0 radical (unpaired) electrons. The highest BCUT2D eigenvalue weighted by Gasteiger charge is 2.12. The number of rotatable bonds is 3. The number of amides is 2. The van der Waals surface area contributed by atoms with E-state index in [0.717, 1.165) is 0 Å². The Morgan fingerprint density at radius 2 is 1.38 bits per heavy atom. The first-order valence-electron chi connectivity index (χ1n) is 4.68. The quantitative estimate of drug-likeness (QED) is 0.576. The third-order valence-electron chi connectivity index (χ3n) is 1.64. The van der Waals surface area contributed by atoms with E-state index in [1.54, 1.807) is 0 Å². The molecule has 7 nitrogen and oxygen atoms in total. The summed E-state index contributed by atoms with van der Waals surface area (Å²) < 4.78 is 0. The van der Waals surface area contributed by atoms with Crippen LogP contribution in [0.3, 0.4) is 0 Å². The van der Waals surface area contributed by atoms with Crippen molar-refractivity contribution in [2.75, 3.05) is 0 Å². The van der Waals surface area contributed by atoms with Crippen molar-refractivity contribution in [2.45, 2.75) is 32.1 Å². The highest BCUT2D eigenvalue weighted by molar-refractivity contribution is 5.97. The van der Waals surface area contributed by atoms with Gasteiger partial charge in [0.2, 0.25) is 11.8 Å². The Balaban J connectivity index is 0.000000281. The van der Waals surface area contributed by atoms with Crippen molar-refractivity contribution in [3.63, 3.8) is 0 Å². The fraction of sp³-hybridized carbons (Fsp3) is 0.556. The van der Waals surface area contributed by atoms with E-state index < -0.39 is 11.9 Å². The van der Waals surface area contributed by atoms with Gasteiger partial charge in [-0.25, -0.2) is 0 Å². The normalized spacial score (nSPS) is 14.5. The molecule has 3 N–H and O–H groups in total. The standard InChI is InChI=1S/C5H7NO2.C4H6O4/c7-4-2-1-3-5(8)6-4;5-3(6)1-2-4(7)8/h1-3H2,(H,6,7,8);1-2H2,(H,5,6)(H,7,8). The summed E-state index contributed by atoms with van der Waals surface area (Å²) in [5.74, 6) is -2.43. The zero-order chi connectivity index (χ0) is 12.6. The van der Waals surface area contributed by atoms with Crippen molar-refractivity contribution in [3.8, 4) is 0 Å². The Labute approximate surface area is 91.4 Å². The summed E-state index contributed by atoms with van der Waals surface area (Å²) in [4.78, 5) is 40.0. The average molecular weight is 231 g/mol. The highest BCUT2D eigenvalue weighted by atomic mass is 16.4. The van der Waals surface area contributed by atoms with Crippen LogP contribution in [0.4, 0.5) is 0 Å². The topological polar surface area (TPSA) is 121 Å². The Morgan fingerprint density at radius 1 is 1.00 bits per heavy atom. The molecular formula is C9H13NO6. The molecule has 0 aromatic heterocycles. The molecule has 7 heteroatoms. The number of imide groups is 1. The van der Waals surface area contributed by atoms with Crippen LogP contribution >= 0.6 is 0 Å². The molecule has 0 aromatic rings. The van der Waals surface area contributed by atoms with Gasteiger partial charge in [-0.05, 0) is 6.42 Å². The number of carboxylic acids is 2. The molecule has 1 aliphatic rings. The molecule has 0 aromatic carbocycles. The second-order valence-electron chi connectivity index (χ2n) is 3.11. The van der Waals surface area contributed by atoms with Crippen LogP contribution in [0.2, 0.25) is 0 Å². The average Bonchev–Trinajstić information content (AvgIpc) is 2.15. The first-order chi connectivity index (χ1) is 7.41. The summed E-state index contributed by atoms with van der Waals surface area (Å²) in [5.41, 5.74) is 0. The molecule has 0 aliphatic carbocycles. The molecule has 1 heterocycles. The minimum Gasteiger partial charge on any atom is -0.481 e. The summed E-state index contributed by atoms with van der Waals surface area (Å²) >= 11 is 0. The number of piperidine rings is 1. The third-order valence-corrected chi connectivity index (χ3v) is 1.64. The zero-order valence-electron chi connectivity index (χ0n) is 8.56. The SMILES string of the molecule is O=C(O)CCC(=O)O.O=C1CCCC(=O)N1. The molecule has 1 fully saturated rings. The summed E-state index contributed by atoms with van der Waals surface area (Å²) in [7, 11) is 0. The predicted molar refractivity (Wildman–Crippen MR) is 51.5 cm³/mol. The molecule has 90 valence electrons. The van der Waals surface area contributed by atoms with Gasteiger partial charge in [-0.3, -0.25) is 24.5 Å². The second kappa shape index (κ2) is 7.38. The van der Waals surface area contributed by atoms with E-state index in [4.69, 9.17) is 10.2 Å². The van der Waals surface area contributed by atoms with Crippen LogP contribution in [-0.4, -0.2) is 34.0 Å². The fourth-order valence-corrected chi connectivity index (χ4v) is 0.904. The maximum Gasteiger partial charge on any atom is 0.303 e. The minimum atomic E-state index is -1.08. The summed E-state index contributed by atoms with van der Waals surface area (Å²) in [6.07, 6.45) is 1.13. The van der Waals surface area contributed by atoms with E-state index in [-0.39, 0.29) is 24.7 Å². The number of carbonyl (C=O) groups excluding carboxylic acids is 2. The Hall–Kier alpha value is -1.92. The van der Waals surface area contributed by atoms with E-state index in [1.165, 1.54) is 0 Å². The van der Waals surface area contributed by atoms with Gasteiger partial charge in [-0.1, -0.05) is 0 Å². The highest BCUT2D eigenvalue weighted by Crippen LogP contribution is 2.00. The lowest BCUT2D eigenvalue weighted by Crippen LogP contribution is -2.33. The van der Waals surface area contributed by atoms with E-state index >= 15 is 0 Å². The van der Waals surface area contributed by atoms with E-state index in [0.29, 0.717) is 19.3 Å². The smallest absolute Gasteiger partial charge is 0.303 e. The predicted octanol–water partition coefficient (Wildman–Crippen LogP) is -0.251. The van der Waals surface area contributed by atoms with Crippen LogP contribution in [0.5, 0.6) is 0 Å². The van der Waals surface area contributed by atoms with Gasteiger partial charge < -0.3 is 10.2 Å². The lowest BCUT2D eigenvalue weighted by Gasteiger charge is -2.07. The molecule has 16 heavy (non-hydrogen) atoms. The molecule has 0 atom stereocenters. The molecular weight excluding hydrogens is 218 g/mol. The van der Waals surface area contributed by atoms with Crippen LogP contribution < -0.4 is 5.32 Å². The number of nitrogens with one attached hydrogen (secondary N) is 1. The van der Waals surface area contributed by atoms with Crippen LogP contribution in [0, 0.1) is 0 Å². The van der Waals surface area contributed by atoms with Crippen molar-refractivity contribution >= 4 is 23.8 Å². The molecule has 0 unspecified atom stereocenters. The molecule has 0 saturated carbocycles. The van der Waals surface area contributed by atoms with Crippen LogP contribution in [0.15, 0.2) is 0 Å². The first-order valence-corrected chi connectivity index (χ1v) is 4.68. The maximum atomic E-state index is 10.3. The van der Waals surface area contributed by atoms with Gasteiger partial charge in [0, 0.05) is 12.8 Å². The van der Waals surface area contributed by atoms with Gasteiger partial charge in [-0.15, -0.1) is 0 Å². The maximum absolute atomic E-state index is 10.3. The Bertz CT molecular complexity index is 270. The fourth-order valence-electron chi connectivity index (χ4n) is 0.904. The number of carboxylic acid groups (broad SMARTS) is 2. The Kier molecular flexibility index (Phi) is 6.50. The number of aliphatic carboxylic acids is 2. The van der Waals surface area contributed by atoms with Crippen molar-refractivity contribution in [2.24, 2.45) is 0 Å². The van der Waals surface area contributed by atoms with Crippen LogP contribution in [0.1, 0.15) is 32.1 Å². The van der Waals surface area contributed by atoms with Gasteiger partial charge in [0.15, 0.2) is 0 Å². The summed E-state index contributed by atoms with van der Waals surface area (Å²) in [6, 6.07) is 0. The minimum absolute atomic E-state index is 0.138. The lowest BCUT2D eigenvalue weighted by molar-refractivity contribution is -0.143. The van der Waals surface area contributed by atoms with Crippen molar-refractivity contribution < 1.29 is 29.4 Å². The van der Waals surface area contributed by atoms with Gasteiger partial charge in [0.05, 0.1) is 12.8 Å². The van der Waals surface area contributed by atoms with E-state index in [1.807, 2.05) is 0 Å². The lowest BCUT2D eigenvalue weighted by atomic mass is 10.1. The van der Waals surface area contributed by atoms with Crippen molar-refractivity contribution in [3.05, 3.63) is 0 Å². The summed E-state index contributed by atoms with van der Waals surface area (Å²) in [6.45, 7) is 0. The first kappa shape index (κ1) is 14.1. The van der Waals surface area contributed by atoms with Gasteiger partial charge in [0.25, 0.3) is 0 Å². The van der Waals surface area contributed by atoms with E-state index in [9.17, 15) is 19.2 Å². The number of hydrogen-bond donors (Lipinski definition) is 3. The summed E-state index contributed by atoms with van der Waals surface area (Å²) in [5, 5.41) is 18.0. The van der Waals surface area contributed by atoms with Crippen molar-refractivity contribution in [1.29, 1.82) is 0 Å². The van der Waals surface area contributed by atoms with Gasteiger partial charge in [-0.2, -0.15) is 0 Å². The van der Waals surface area contributed by atoms with Gasteiger partial charge >= 0.3 is 11.9 Å². The third kappa shape index (κ3) is 8.67. The monoisotopic (exact) mass is 231 g/mol. The van der Waals surface area contributed by atoms with Crippen LogP contribution in [-0.2, 0) is 19.2 Å². The van der Waals surface area contributed by atoms with Crippen LogP contribution in [0.25, 0.3) is 0 Å². The number of carbonyl (C=O) groups is 4. The Morgan fingerprint density at radius 3 is 1.56 bits per heavy atom. The van der Waals surface area contributed by atoms with Crippen molar-refractivity contribution in [1.82, 2.24) is 5.32 Å². The second-order valence-corrected chi connectivity index (χ2v) is 3.11. The van der Waals surface area contributed by atoms with E-state index in [2.05, 4.69) is 5.32 Å². The van der Waals surface area contributed by atoms with Gasteiger partial charge in [0.1, 0.15) is 0 Å². The molecule has 1 saturated heterocycles. The molecule has 0 bridgehead atoms. The molecule has 1 rings (SSSR count). The largest absolute Gasteiger partial charge is 0.481 e.